The van der Waals surface area contributed by atoms with Gasteiger partial charge < -0.3 is 19.6 Å². The number of hydrogen-bond acceptors (Lipinski definition) is 4. The summed E-state index contributed by atoms with van der Waals surface area (Å²) in [6, 6.07) is 89.1. The van der Waals surface area contributed by atoms with Crippen LogP contribution >= 0.6 is 0 Å². The summed E-state index contributed by atoms with van der Waals surface area (Å²) in [5.74, 6) is 0. The van der Waals surface area contributed by atoms with Crippen LogP contribution in [0.15, 0.2) is 243 Å². The maximum Gasteiger partial charge on any atom is 0.0699 e. The molecule has 2 aliphatic heterocycles. The van der Waals surface area contributed by atoms with Gasteiger partial charge in [0.1, 0.15) is 0 Å². The summed E-state index contributed by atoms with van der Waals surface area (Å²) in [5, 5.41) is 4.77. The van der Waals surface area contributed by atoms with Crippen molar-refractivity contribution < 1.29 is 0 Å². The molecular weight excluding hydrogens is 825 g/mol. The van der Waals surface area contributed by atoms with Gasteiger partial charge in [0.2, 0.25) is 0 Å². The van der Waals surface area contributed by atoms with Crippen molar-refractivity contribution in [2.75, 3.05) is 33.7 Å². The lowest BCUT2D eigenvalue weighted by Gasteiger charge is -2.39. The molecule has 0 fully saturated rings. The molecule has 322 valence electrons. The SMILES string of the molecule is CN1c2ccccc2N(c2ccc3c(-c4cccc(-c5ccccc5)c4)c4cc(N5c6ccccc6N(C)c6ccccc65)ccc4c(-c4cccc(-c5ccccc5)c4)c3c2)c2ccccc21. The molecule has 2 aliphatic rings. The molecule has 0 amide bonds. The molecule has 13 rings (SSSR count). The molecule has 0 aromatic heterocycles. The lowest BCUT2D eigenvalue weighted by molar-refractivity contribution is 1.13. The summed E-state index contributed by atoms with van der Waals surface area (Å²) in [4.78, 5) is 9.50. The molecule has 0 spiro atoms. The minimum atomic E-state index is 1.11. The monoisotopic (exact) mass is 870 g/mol. The Labute approximate surface area is 397 Å². The van der Waals surface area contributed by atoms with Crippen LogP contribution in [0, 0.1) is 0 Å². The second-order valence-electron chi connectivity index (χ2n) is 17.8. The van der Waals surface area contributed by atoms with E-state index in [1.165, 1.54) is 88.8 Å². The van der Waals surface area contributed by atoms with Crippen LogP contribution in [0.1, 0.15) is 0 Å². The minimum absolute atomic E-state index is 1.11. The summed E-state index contributed by atoms with van der Waals surface area (Å²) in [6.07, 6.45) is 0. The van der Waals surface area contributed by atoms with Crippen LogP contribution in [0.5, 0.6) is 0 Å². The fourth-order valence-corrected chi connectivity index (χ4v) is 10.9. The molecule has 11 aromatic carbocycles. The van der Waals surface area contributed by atoms with Crippen LogP contribution in [0.4, 0.5) is 56.9 Å². The minimum Gasteiger partial charge on any atom is -0.341 e. The van der Waals surface area contributed by atoms with Gasteiger partial charge in [-0.1, -0.05) is 158 Å². The van der Waals surface area contributed by atoms with E-state index in [0.29, 0.717) is 0 Å². The van der Waals surface area contributed by atoms with Gasteiger partial charge in [-0.05, 0) is 151 Å². The van der Waals surface area contributed by atoms with Crippen molar-refractivity contribution in [3.63, 3.8) is 0 Å². The Morgan fingerprint density at radius 1 is 0.221 bits per heavy atom. The van der Waals surface area contributed by atoms with E-state index in [2.05, 4.69) is 276 Å². The van der Waals surface area contributed by atoms with Crippen LogP contribution in [0.2, 0.25) is 0 Å². The van der Waals surface area contributed by atoms with E-state index in [0.717, 1.165) is 34.1 Å². The molecule has 0 saturated carbocycles. The molecule has 68 heavy (non-hydrogen) atoms. The Bertz CT molecular complexity index is 3400. The Morgan fingerprint density at radius 2 is 0.515 bits per heavy atom. The van der Waals surface area contributed by atoms with Crippen molar-refractivity contribution in [2.24, 2.45) is 0 Å². The third-order valence-electron chi connectivity index (χ3n) is 14.1. The number of rotatable bonds is 6. The standard InChI is InChI=1S/C64H46N4/c1-65-55-27-9-13-31-59(55)67(60-32-14-10-28-56(60)65)49-35-37-51-53(41-49)63(47-25-17-23-45(39-47)43-19-5-3-6-20-43)52-38-36-50(68-61-33-15-11-29-57(61)66(2)58-30-12-16-34-62(58)68)42-54(52)64(51)48-26-18-24-46(40-48)44-21-7-4-8-22-44/h3-42H,1-2H3. The first kappa shape index (κ1) is 39.5. The first-order valence-electron chi connectivity index (χ1n) is 23.4. The van der Waals surface area contributed by atoms with Gasteiger partial charge in [-0.3, -0.25) is 0 Å². The summed E-state index contributed by atoms with van der Waals surface area (Å²) in [6.45, 7) is 0. The van der Waals surface area contributed by atoms with Gasteiger partial charge in [0, 0.05) is 25.5 Å². The lowest BCUT2D eigenvalue weighted by Crippen LogP contribution is -2.24. The molecule has 0 unspecified atom stereocenters. The highest BCUT2D eigenvalue weighted by molar-refractivity contribution is 6.23. The van der Waals surface area contributed by atoms with Crippen molar-refractivity contribution >= 4 is 78.4 Å². The Hall–Kier alpha value is -8.86. The highest BCUT2D eigenvalue weighted by Gasteiger charge is 2.30. The zero-order valence-corrected chi connectivity index (χ0v) is 37.9. The van der Waals surface area contributed by atoms with Crippen LogP contribution in [0.3, 0.4) is 0 Å². The molecular formula is C64H46N4. The van der Waals surface area contributed by atoms with Crippen molar-refractivity contribution in [3.05, 3.63) is 243 Å². The quantitative estimate of drug-likeness (QED) is 0.154. The molecule has 0 saturated heterocycles. The summed E-state index contributed by atoms with van der Waals surface area (Å²) < 4.78 is 0. The molecule has 0 bridgehead atoms. The van der Waals surface area contributed by atoms with Gasteiger partial charge in [0.25, 0.3) is 0 Å². The van der Waals surface area contributed by atoms with Crippen molar-refractivity contribution in [1.82, 2.24) is 0 Å². The topological polar surface area (TPSA) is 13.0 Å². The average Bonchev–Trinajstić information content (AvgIpc) is 3.41. The average molecular weight is 871 g/mol. The third-order valence-corrected chi connectivity index (χ3v) is 14.1. The summed E-state index contributed by atoms with van der Waals surface area (Å²) in [7, 11) is 4.34. The predicted molar refractivity (Wildman–Crippen MR) is 289 cm³/mol. The largest absolute Gasteiger partial charge is 0.341 e. The van der Waals surface area contributed by atoms with Crippen molar-refractivity contribution in [1.29, 1.82) is 0 Å². The van der Waals surface area contributed by atoms with Crippen LogP contribution in [0.25, 0.3) is 66.1 Å². The van der Waals surface area contributed by atoms with Crippen LogP contribution in [-0.2, 0) is 0 Å². The highest BCUT2D eigenvalue weighted by Crippen LogP contribution is 2.55. The number of nitrogens with zero attached hydrogens (tertiary/aromatic N) is 4. The molecule has 4 heteroatoms. The number of hydrogen-bond donors (Lipinski definition) is 0. The van der Waals surface area contributed by atoms with Gasteiger partial charge in [-0.25, -0.2) is 0 Å². The van der Waals surface area contributed by atoms with Gasteiger partial charge in [-0.2, -0.15) is 0 Å². The number of fused-ring (bicyclic) bond motifs is 6. The summed E-state index contributed by atoms with van der Waals surface area (Å²) in [5.41, 5.74) is 21.0. The highest BCUT2D eigenvalue weighted by atomic mass is 15.3. The van der Waals surface area contributed by atoms with E-state index in [9.17, 15) is 0 Å². The van der Waals surface area contributed by atoms with E-state index in [4.69, 9.17) is 0 Å². The van der Waals surface area contributed by atoms with Gasteiger partial charge >= 0.3 is 0 Å². The fraction of sp³-hybridized carbons (Fsp3) is 0.0312. The molecule has 11 aromatic rings. The lowest BCUT2D eigenvalue weighted by atomic mass is 9.84. The predicted octanol–water partition coefficient (Wildman–Crippen LogP) is 17.8. The zero-order chi connectivity index (χ0) is 45.3. The number of para-hydroxylation sites is 8. The molecule has 0 aliphatic carbocycles. The maximum atomic E-state index is 2.45. The van der Waals surface area contributed by atoms with Crippen molar-refractivity contribution in [2.45, 2.75) is 0 Å². The Kier molecular flexibility index (Phi) is 9.26. The van der Waals surface area contributed by atoms with Gasteiger partial charge in [0.05, 0.1) is 45.5 Å². The van der Waals surface area contributed by atoms with E-state index in [-0.39, 0.29) is 0 Å². The van der Waals surface area contributed by atoms with E-state index in [1.807, 2.05) is 0 Å². The number of anilines is 10. The first-order valence-corrected chi connectivity index (χ1v) is 23.4. The Morgan fingerprint density at radius 3 is 0.868 bits per heavy atom. The first-order chi connectivity index (χ1) is 33.6. The molecule has 4 nitrogen and oxygen atoms in total. The maximum absolute atomic E-state index is 2.45. The zero-order valence-electron chi connectivity index (χ0n) is 37.9. The molecule has 0 atom stereocenters. The molecule has 2 heterocycles. The van der Waals surface area contributed by atoms with Crippen molar-refractivity contribution in [3.8, 4) is 44.5 Å². The molecule has 0 N–H and O–H groups in total. The second-order valence-corrected chi connectivity index (χ2v) is 17.8. The molecule has 0 radical (unpaired) electrons. The smallest absolute Gasteiger partial charge is 0.0699 e. The number of benzene rings is 11. The van der Waals surface area contributed by atoms with E-state index < -0.39 is 0 Å². The van der Waals surface area contributed by atoms with Gasteiger partial charge in [-0.15, -0.1) is 0 Å². The third kappa shape index (κ3) is 6.29. The second kappa shape index (κ2) is 15.9. The Balaban J connectivity index is 1.14. The van der Waals surface area contributed by atoms with Crippen LogP contribution < -0.4 is 19.6 Å². The fourth-order valence-electron chi connectivity index (χ4n) is 10.9. The van der Waals surface area contributed by atoms with Gasteiger partial charge in [0.15, 0.2) is 0 Å². The van der Waals surface area contributed by atoms with Crippen LogP contribution in [-0.4, -0.2) is 14.1 Å². The normalized spacial score (nSPS) is 12.7. The van der Waals surface area contributed by atoms with E-state index in [1.54, 1.807) is 0 Å². The summed E-state index contributed by atoms with van der Waals surface area (Å²) >= 11 is 0. The van der Waals surface area contributed by atoms with E-state index >= 15 is 0 Å².